The Labute approximate surface area is 98.1 Å². The zero-order chi connectivity index (χ0) is 12.0. The third kappa shape index (κ3) is 1.29. The van der Waals surface area contributed by atoms with Crippen molar-refractivity contribution in [2.75, 3.05) is 5.73 Å². The van der Waals surface area contributed by atoms with E-state index in [1.54, 1.807) is 6.08 Å². The number of nitrogen functional groups attached to an aromatic ring is 1. The fraction of sp³-hybridized carbons (Fsp3) is 0. The van der Waals surface area contributed by atoms with Crippen molar-refractivity contribution in [1.29, 1.82) is 5.41 Å². The highest BCUT2D eigenvalue weighted by Gasteiger charge is 2.20. The number of carbonyl (C=O) groups excluding carboxylic acids is 1. The van der Waals surface area contributed by atoms with E-state index in [0.29, 0.717) is 11.3 Å². The van der Waals surface area contributed by atoms with Crippen molar-refractivity contribution in [2.45, 2.75) is 0 Å². The van der Waals surface area contributed by atoms with E-state index in [1.165, 1.54) is 6.08 Å². The normalized spacial score (nSPS) is 14.1. The summed E-state index contributed by atoms with van der Waals surface area (Å²) in [7, 11) is 0. The average molecular weight is 222 g/mol. The molecule has 0 aromatic heterocycles. The smallest absolute Gasteiger partial charge is 0.204 e. The van der Waals surface area contributed by atoms with Crippen molar-refractivity contribution in [1.82, 2.24) is 0 Å². The molecular weight excluding hydrogens is 212 g/mol. The zero-order valence-electron chi connectivity index (χ0n) is 9.03. The van der Waals surface area contributed by atoms with Gasteiger partial charge in [-0.2, -0.15) is 0 Å². The first-order chi connectivity index (χ1) is 8.18. The molecule has 0 unspecified atom stereocenters. The molecule has 2 aromatic carbocycles. The van der Waals surface area contributed by atoms with Crippen LogP contribution in [0.4, 0.5) is 5.69 Å². The minimum Gasteiger partial charge on any atom is -0.398 e. The Morgan fingerprint density at radius 2 is 1.88 bits per heavy atom. The van der Waals surface area contributed by atoms with E-state index in [0.717, 1.165) is 16.3 Å². The molecule has 0 radical (unpaired) electrons. The summed E-state index contributed by atoms with van der Waals surface area (Å²) in [5.74, 6) is -0.271. The monoisotopic (exact) mass is 222 g/mol. The lowest BCUT2D eigenvalue weighted by Crippen LogP contribution is -2.17. The number of carbonyl (C=O) groups is 1. The highest BCUT2D eigenvalue weighted by atomic mass is 16.1. The van der Waals surface area contributed by atoms with Gasteiger partial charge in [-0.3, -0.25) is 10.2 Å². The van der Waals surface area contributed by atoms with Crippen molar-refractivity contribution in [3.05, 3.63) is 47.5 Å². The van der Waals surface area contributed by atoms with Crippen LogP contribution in [-0.2, 0) is 4.79 Å². The SMILES string of the molecule is N=C1C(=O)C=Cc2c1cc1ccccc1c2N. The van der Waals surface area contributed by atoms with E-state index in [9.17, 15) is 4.79 Å². The molecule has 0 bridgehead atoms. The molecule has 3 N–H and O–H groups in total. The Hall–Kier alpha value is -2.42. The van der Waals surface area contributed by atoms with Gasteiger partial charge < -0.3 is 5.73 Å². The van der Waals surface area contributed by atoms with Crippen molar-refractivity contribution in [2.24, 2.45) is 0 Å². The molecule has 17 heavy (non-hydrogen) atoms. The van der Waals surface area contributed by atoms with Gasteiger partial charge in [0, 0.05) is 22.2 Å². The molecule has 0 saturated carbocycles. The Bertz CT molecular complexity index is 699. The van der Waals surface area contributed by atoms with Gasteiger partial charge in [0.05, 0.1) is 0 Å². The Balaban J connectivity index is 2.45. The molecule has 0 atom stereocenters. The maximum Gasteiger partial charge on any atom is 0.204 e. The topological polar surface area (TPSA) is 66.9 Å². The highest BCUT2D eigenvalue weighted by Crippen LogP contribution is 2.31. The predicted molar refractivity (Wildman–Crippen MR) is 69.2 cm³/mol. The van der Waals surface area contributed by atoms with Gasteiger partial charge in [0.25, 0.3) is 0 Å². The second-order valence-corrected chi connectivity index (χ2v) is 4.05. The molecule has 0 aliphatic heterocycles. The molecule has 2 aromatic rings. The van der Waals surface area contributed by atoms with Crippen molar-refractivity contribution < 1.29 is 4.79 Å². The third-order valence-corrected chi connectivity index (χ3v) is 3.05. The molecule has 0 amide bonds. The molecule has 0 heterocycles. The number of anilines is 1. The summed E-state index contributed by atoms with van der Waals surface area (Å²) in [6.45, 7) is 0. The lowest BCUT2D eigenvalue weighted by molar-refractivity contribution is -0.108. The van der Waals surface area contributed by atoms with E-state index in [4.69, 9.17) is 11.1 Å². The van der Waals surface area contributed by atoms with E-state index in [2.05, 4.69) is 0 Å². The number of fused-ring (bicyclic) bond motifs is 2. The van der Waals surface area contributed by atoms with Crippen molar-refractivity contribution in [3.63, 3.8) is 0 Å². The predicted octanol–water partition coefficient (Wildman–Crippen LogP) is 2.39. The summed E-state index contributed by atoms with van der Waals surface area (Å²) in [6, 6.07) is 9.57. The van der Waals surface area contributed by atoms with Crippen LogP contribution in [0.1, 0.15) is 11.1 Å². The molecule has 3 heteroatoms. The van der Waals surface area contributed by atoms with E-state index < -0.39 is 0 Å². The third-order valence-electron chi connectivity index (χ3n) is 3.05. The van der Waals surface area contributed by atoms with Gasteiger partial charge in [-0.1, -0.05) is 24.3 Å². The number of ketones is 1. The molecule has 1 aliphatic rings. The second kappa shape index (κ2) is 3.28. The minimum atomic E-state index is -0.271. The van der Waals surface area contributed by atoms with Crippen LogP contribution in [0.25, 0.3) is 16.8 Å². The van der Waals surface area contributed by atoms with Crippen molar-refractivity contribution in [3.8, 4) is 0 Å². The number of allylic oxidation sites excluding steroid dienone is 1. The summed E-state index contributed by atoms with van der Waals surface area (Å²) in [5.41, 5.74) is 8.12. The van der Waals surface area contributed by atoms with Gasteiger partial charge in [0.15, 0.2) is 0 Å². The van der Waals surface area contributed by atoms with Crippen LogP contribution in [0, 0.1) is 5.41 Å². The second-order valence-electron chi connectivity index (χ2n) is 4.05. The quantitative estimate of drug-likeness (QED) is 0.672. The fourth-order valence-electron chi connectivity index (χ4n) is 2.15. The lowest BCUT2D eigenvalue weighted by atomic mass is 9.90. The lowest BCUT2D eigenvalue weighted by Gasteiger charge is -2.15. The molecule has 0 saturated heterocycles. The Morgan fingerprint density at radius 3 is 2.71 bits per heavy atom. The van der Waals surface area contributed by atoms with Gasteiger partial charge in [-0.05, 0) is 23.6 Å². The summed E-state index contributed by atoms with van der Waals surface area (Å²) >= 11 is 0. The number of nitrogens with two attached hydrogens (primary N) is 1. The van der Waals surface area contributed by atoms with Gasteiger partial charge in [-0.15, -0.1) is 0 Å². The van der Waals surface area contributed by atoms with Gasteiger partial charge >= 0.3 is 0 Å². The molecule has 3 rings (SSSR count). The first-order valence-electron chi connectivity index (χ1n) is 5.31. The molecule has 0 fully saturated rings. The molecule has 82 valence electrons. The van der Waals surface area contributed by atoms with E-state index >= 15 is 0 Å². The maximum absolute atomic E-state index is 11.5. The van der Waals surface area contributed by atoms with Crippen LogP contribution in [0.2, 0.25) is 0 Å². The molecule has 1 aliphatic carbocycles. The summed E-state index contributed by atoms with van der Waals surface area (Å²) < 4.78 is 0. The average Bonchev–Trinajstić information content (AvgIpc) is 2.35. The van der Waals surface area contributed by atoms with Crippen LogP contribution in [0.3, 0.4) is 0 Å². The van der Waals surface area contributed by atoms with Crippen LogP contribution >= 0.6 is 0 Å². The van der Waals surface area contributed by atoms with Crippen LogP contribution in [-0.4, -0.2) is 11.5 Å². The summed E-state index contributed by atoms with van der Waals surface area (Å²) in [4.78, 5) is 11.5. The minimum absolute atomic E-state index is 0.0138. The molecule has 3 nitrogen and oxygen atoms in total. The summed E-state index contributed by atoms with van der Waals surface area (Å²) in [6.07, 6.45) is 3.09. The van der Waals surface area contributed by atoms with Crippen LogP contribution in [0.5, 0.6) is 0 Å². The first-order valence-corrected chi connectivity index (χ1v) is 5.31. The number of rotatable bonds is 0. The Morgan fingerprint density at radius 1 is 1.12 bits per heavy atom. The largest absolute Gasteiger partial charge is 0.398 e. The zero-order valence-corrected chi connectivity index (χ0v) is 9.03. The number of nitrogens with one attached hydrogen (secondary N) is 1. The highest BCUT2D eigenvalue weighted by molar-refractivity contribution is 6.51. The van der Waals surface area contributed by atoms with E-state index in [-0.39, 0.29) is 11.5 Å². The standard InChI is InChI=1S/C14H10N2O/c15-13-9-4-2-1-3-8(9)7-11-10(13)5-6-12(17)14(11)16/h1-7,16H,15H2. The molecule has 0 spiro atoms. The summed E-state index contributed by atoms with van der Waals surface area (Å²) in [5, 5.41) is 9.70. The van der Waals surface area contributed by atoms with Gasteiger partial charge in [-0.25, -0.2) is 0 Å². The van der Waals surface area contributed by atoms with Crippen molar-refractivity contribution >= 4 is 34.0 Å². The van der Waals surface area contributed by atoms with Gasteiger partial charge in [0.2, 0.25) is 5.78 Å². The maximum atomic E-state index is 11.5. The number of benzene rings is 2. The number of hydrogen-bond donors (Lipinski definition) is 2. The van der Waals surface area contributed by atoms with Gasteiger partial charge in [0.1, 0.15) is 5.71 Å². The van der Waals surface area contributed by atoms with E-state index in [1.807, 2.05) is 30.3 Å². The fourth-order valence-corrected chi connectivity index (χ4v) is 2.15. The van der Waals surface area contributed by atoms with Crippen LogP contribution < -0.4 is 5.73 Å². The number of hydrogen-bond acceptors (Lipinski definition) is 3. The van der Waals surface area contributed by atoms with Crippen LogP contribution in [0.15, 0.2) is 36.4 Å². The Kier molecular flexibility index (Phi) is 1.89. The molecular formula is C14H10N2O. The first kappa shape index (κ1) is 9.78.